The van der Waals surface area contributed by atoms with Gasteiger partial charge in [0.2, 0.25) is 0 Å². The molecule has 0 aliphatic heterocycles. The maximum absolute atomic E-state index is 13.4. The fraction of sp³-hybridized carbons (Fsp3) is 0.333. The van der Waals surface area contributed by atoms with Crippen LogP contribution in [-0.4, -0.2) is 24.5 Å². The summed E-state index contributed by atoms with van der Waals surface area (Å²) in [4.78, 5) is 8.51. The van der Waals surface area contributed by atoms with E-state index in [0.29, 0.717) is 6.54 Å². The van der Waals surface area contributed by atoms with Gasteiger partial charge in [0.25, 0.3) is 0 Å². The van der Waals surface area contributed by atoms with Gasteiger partial charge in [0.1, 0.15) is 5.82 Å². The molecular formula is C18H21FN4. The Labute approximate surface area is 135 Å². The van der Waals surface area contributed by atoms with Gasteiger partial charge in [0.05, 0.1) is 12.2 Å². The van der Waals surface area contributed by atoms with Gasteiger partial charge in [-0.25, -0.2) is 4.39 Å². The predicted octanol–water partition coefficient (Wildman–Crippen LogP) is 2.62. The molecule has 1 aliphatic rings. The monoisotopic (exact) mass is 312 g/mol. The molecule has 120 valence electrons. The van der Waals surface area contributed by atoms with E-state index in [-0.39, 0.29) is 11.2 Å². The van der Waals surface area contributed by atoms with Gasteiger partial charge in [-0.2, -0.15) is 0 Å². The van der Waals surface area contributed by atoms with Crippen molar-refractivity contribution in [1.29, 1.82) is 0 Å². The van der Waals surface area contributed by atoms with Crippen molar-refractivity contribution >= 4 is 5.96 Å². The van der Waals surface area contributed by atoms with Crippen LogP contribution in [0.3, 0.4) is 0 Å². The second-order valence-corrected chi connectivity index (χ2v) is 5.89. The first-order valence-electron chi connectivity index (χ1n) is 7.82. The number of nitrogens with zero attached hydrogens (tertiary/aromatic N) is 2. The van der Waals surface area contributed by atoms with E-state index < -0.39 is 0 Å². The summed E-state index contributed by atoms with van der Waals surface area (Å²) in [7, 11) is 1.75. The summed E-state index contributed by atoms with van der Waals surface area (Å²) in [5.74, 6) is 0.560. The first-order chi connectivity index (χ1) is 11.2. The Morgan fingerprint density at radius 1 is 1.22 bits per heavy atom. The van der Waals surface area contributed by atoms with E-state index in [9.17, 15) is 4.39 Å². The highest BCUT2D eigenvalue weighted by Crippen LogP contribution is 2.47. The molecule has 2 aromatic rings. The average Bonchev–Trinajstić information content (AvgIpc) is 3.37. The highest BCUT2D eigenvalue weighted by Gasteiger charge is 2.44. The number of rotatable bonds is 5. The van der Waals surface area contributed by atoms with Crippen LogP contribution >= 0.6 is 0 Å². The zero-order valence-electron chi connectivity index (χ0n) is 13.2. The third-order valence-electron chi connectivity index (χ3n) is 4.27. The zero-order chi connectivity index (χ0) is 16.1. The first kappa shape index (κ1) is 15.5. The van der Waals surface area contributed by atoms with Gasteiger partial charge in [-0.3, -0.25) is 9.98 Å². The first-order valence-corrected chi connectivity index (χ1v) is 7.82. The maximum Gasteiger partial charge on any atom is 0.191 e. The normalized spacial score (nSPS) is 16.0. The van der Waals surface area contributed by atoms with E-state index in [1.54, 1.807) is 25.4 Å². The number of benzene rings is 1. The lowest BCUT2D eigenvalue weighted by molar-refractivity contribution is 0.607. The molecule has 23 heavy (non-hydrogen) atoms. The Morgan fingerprint density at radius 2 is 2.09 bits per heavy atom. The van der Waals surface area contributed by atoms with E-state index >= 15 is 0 Å². The molecule has 4 nitrogen and oxygen atoms in total. The van der Waals surface area contributed by atoms with Gasteiger partial charge in [0, 0.05) is 25.2 Å². The van der Waals surface area contributed by atoms with E-state index in [4.69, 9.17) is 0 Å². The summed E-state index contributed by atoms with van der Waals surface area (Å²) >= 11 is 0. The number of nitrogens with one attached hydrogen (secondary N) is 2. The molecule has 0 unspecified atom stereocenters. The molecule has 2 N–H and O–H groups in total. The van der Waals surface area contributed by atoms with Crippen LogP contribution in [0.2, 0.25) is 0 Å². The second-order valence-electron chi connectivity index (χ2n) is 5.89. The summed E-state index contributed by atoms with van der Waals surface area (Å²) in [6.07, 6.45) is 3.91. The summed E-state index contributed by atoms with van der Waals surface area (Å²) < 4.78 is 13.4. The van der Waals surface area contributed by atoms with Crippen molar-refractivity contribution in [2.45, 2.75) is 24.8 Å². The van der Waals surface area contributed by atoms with E-state index in [1.165, 1.54) is 6.07 Å². The largest absolute Gasteiger partial charge is 0.356 e. The van der Waals surface area contributed by atoms with Gasteiger partial charge in [-0.1, -0.05) is 18.2 Å². The van der Waals surface area contributed by atoms with Gasteiger partial charge in [-0.05, 0) is 42.7 Å². The van der Waals surface area contributed by atoms with Gasteiger partial charge in [-0.15, -0.1) is 0 Å². The fourth-order valence-corrected chi connectivity index (χ4v) is 2.69. The lowest BCUT2D eigenvalue weighted by atomic mass is 9.96. The van der Waals surface area contributed by atoms with E-state index in [0.717, 1.165) is 36.6 Å². The van der Waals surface area contributed by atoms with Crippen LogP contribution in [0, 0.1) is 5.82 Å². The van der Waals surface area contributed by atoms with Crippen LogP contribution in [0.5, 0.6) is 0 Å². The third kappa shape index (κ3) is 3.86. The lowest BCUT2D eigenvalue weighted by Gasteiger charge is -2.19. The van der Waals surface area contributed by atoms with Crippen LogP contribution in [0.15, 0.2) is 53.7 Å². The maximum atomic E-state index is 13.4. The molecule has 0 spiro atoms. The Balaban J connectivity index is 1.56. The van der Waals surface area contributed by atoms with Gasteiger partial charge in [0.15, 0.2) is 5.96 Å². The fourth-order valence-electron chi connectivity index (χ4n) is 2.69. The predicted molar refractivity (Wildman–Crippen MR) is 89.8 cm³/mol. The summed E-state index contributed by atoms with van der Waals surface area (Å²) in [5, 5.41) is 6.60. The van der Waals surface area contributed by atoms with Gasteiger partial charge >= 0.3 is 0 Å². The highest BCUT2D eigenvalue weighted by atomic mass is 19.1. The zero-order valence-corrected chi connectivity index (χ0v) is 13.2. The molecule has 0 saturated heterocycles. The molecule has 0 atom stereocenters. The van der Waals surface area contributed by atoms with Crippen LogP contribution in [0.4, 0.5) is 4.39 Å². The van der Waals surface area contributed by atoms with Crippen molar-refractivity contribution in [1.82, 2.24) is 15.6 Å². The van der Waals surface area contributed by atoms with Crippen molar-refractivity contribution in [3.63, 3.8) is 0 Å². The van der Waals surface area contributed by atoms with Crippen molar-refractivity contribution in [3.05, 3.63) is 65.7 Å². The molecule has 3 rings (SSSR count). The Morgan fingerprint density at radius 3 is 2.74 bits per heavy atom. The minimum atomic E-state index is -0.175. The summed E-state index contributed by atoms with van der Waals surface area (Å²) in [5.41, 5.74) is 2.05. The van der Waals surface area contributed by atoms with Crippen molar-refractivity contribution in [3.8, 4) is 0 Å². The topological polar surface area (TPSA) is 49.3 Å². The number of guanidine groups is 1. The molecule has 5 heteroatoms. The molecule has 1 aromatic carbocycles. The number of hydrogen-bond donors (Lipinski definition) is 2. The Bertz CT molecular complexity index is 680. The van der Waals surface area contributed by atoms with Crippen molar-refractivity contribution in [2.75, 3.05) is 13.6 Å². The van der Waals surface area contributed by atoms with E-state index in [2.05, 4.69) is 20.6 Å². The SMILES string of the molecule is CN=C(NCc1ccccn1)NCC1(c2cccc(F)c2)CC1. The van der Waals surface area contributed by atoms with Crippen molar-refractivity contribution in [2.24, 2.45) is 4.99 Å². The van der Waals surface area contributed by atoms with Crippen LogP contribution in [0.1, 0.15) is 24.1 Å². The van der Waals surface area contributed by atoms with Crippen molar-refractivity contribution < 1.29 is 4.39 Å². The number of halogens is 1. The molecule has 1 fully saturated rings. The minimum absolute atomic E-state index is 0.0325. The van der Waals surface area contributed by atoms with Crippen LogP contribution in [0.25, 0.3) is 0 Å². The number of aliphatic imine (C=N–C) groups is 1. The molecule has 1 heterocycles. The third-order valence-corrected chi connectivity index (χ3v) is 4.27. The quantitative estimate of drug-likeness (QED) is 0.659. The smallest absolute Gasteiger partial charge is 0.191 e. The molecule has 1 aliphatic carbocycles. The number of aromatic nitrogens is 1. The molecule has 0 bridgehead atoms. The average molecular weight is 312 g/mol. The minimum Gasteiger partial charge on any atom is -0.356 e. The lowest BCUT2D eigenvalue weighted by Crippen LogP contribution is -2.41. The number of pyridine rings is 1. The van der Waals surface area contributed by atoms with Crippen LogP contribution in [-0.2, 0) is 12.0 Å². The highest BCUT2D eigenvalue weighted by molar-refractivity contribution is 5.79. The molecule has 1 aromatic heterocycles. The molecular weight excluding hydrogens is 291 g/mol. The van der Waals surface area contributed by atoms with E-state index in [1.807, 2.05) is 24.3 Å². The number of hydrogen-bond acceptors (Lipinski definition) is 2. The van der Waals surface area contributed by atoms with Gasteiger partial charge < -0.3 is 10.6 Å². The molecule has 0 radical (unpaired) electrons. The molecule has 1 saturated carbocycles. The standard InChI is InChI=1S/C18H21FN4/c1-20-17(22-12-16-7-2-3-10-21-16)23-13-18(8-9-18)14-5-4-6-15(19)11-14/h2-7,10-11H,8-9,12-13H2,1H3,(H2,20,22,23). The van der Waals surface area contributed by atoms with Crippen LogP contribution < -0.4 is 10.6 Å². The Hall–Kier alpha value is -2.43. The summed E-state index contributed by atoms with van der Waals surface area (Å²) in [6, 6.07) is 12.7. The Kier molecular flexibility index (Phi) is 4.55. The summed E-state index contributed by atoms with van der Waals surface area (Å²) in [6.45, 7) is 1.37. The second kappa shape index (κ2) is 6.77. The molecule has 0 amide bonds.